The third-order valence-electron chi connectivity index (χ3n) is 3.90. The lowest BCUT2D eigenvalue weighted by Gasteiger charge is -2.15. The second-order valence-corrected chi connectivity index (χ2v) is 6.47. The summed E-state index contributed by atoms with van der Waals surface area (Å²) >= 11 is 0. The lowest BCUT2D eigenvalue weighted by Crippen LogP contribution is -2.23. The summed E-state index contributed by atoms with van der Waals surface area (Å²) in [5, 5.41) is 5.50. The molecule has 0 aliphatic carbocycles. The number of amides is 2. The van der Waals surface area contributed by atoms with E-state index < -0.39 is 0 Å². The molecular weight excluding hydrogens is 328 g/mol. The Balaban J connectivity index is 2.01. The predicted octanol–water partition coefficient (Wildman–Crippen LogP) is 3.89. The summed E-state index contributed by atoms with van der Waals surface area (Å²) < 4.78 is 5.74. The molecule has 0 aliphatic heterocycles. The zero-order chi connectivity index (χ0) is 19.1. The van der Waals surface area contributed by atoms with Crippen LogP contribution in [-0.4, -0.2) is 25.0 Å². The Bertz CT molecular complexity index is 785. The van der Waals surface area contributed by atoms with E-state index in [0.717, 1.165) is 16.9 Å². The molecular formula is C21H26N2O3. The van der Waals surface area contributed by atoms with Gasteiger partial charge >= 0.3 is 0 Å². The molecule has 0 spiro atoms. The topological polar surface area (TPSA) is 67.4 Å². The lowest BCUT2D eigenvalue weighted by molar-refractivity contribution is -0.118. The van der Waals surface area contributed by atoms with Gasteiger partial charge in [0.25, 0.3) is 11.8 Å². The van der Waals surface area contributed by atoms with E-state index in [-0.39, 0.29) is 18.4 Å². The standard InChI is InChI=1S/C21H26N2O3/c1-5-22-21(25)16-7-6-8-17(12-16)23-20(24)13-26-19-11-15(4)9-10-18(19)14(2)3/h6-12,14H,5,13H2,1-4H3,(H,22,25)(H,23,24). The van der Waals surface area contributed by atoms with Crippen LogP contribution in [0, 0.1) is 6.92 Å². The maximum absolute atomic E-state index is 12.2. The molecule has 0 aromatic heterocycles. The second-order valence-electron chi connectivity index (χ2n) is 6.47. The number of carbonyl (C=O) groups is 2. The van der Waals surface area contributed by atoms with E-state index in [9.17, 15) is 9.59 Å². The van der Waals surface area contributed by atoms with Crippen LogP contribution in [0.4, 0.5) is 5.69 Å². The Morgan fingerprint density at radius 1 is 1.12 bits per heavy atom. The molecule has 138 valence electrons. The van der Waals surface area contributed by atoms with Crippen molar-refractivity contribution in [3.63, 3.8) is 0 Å². The van der Waals surface area contributed by atoms with Gasteiger partial charge in [-0.2, -0.15) is 0 Å². The molecule has 0 unspecified atom stereocenters. The zero-order valence-electron chi connectivity index (χ0n) is 15.8. The lowest BCUT2D eigenvalue weighted by atomic mass is 10.0. The fourth-order valence-corrected chi connectivity index (χ4v) is 2.58. The highest BCUT2D eigenvalue weighted by molar-refractivity contribution is 5.97. The SMILES string of the molecule is CCNC(=O)c1cccc(NC(=O)COc2cc(C)ccc2C(C)C)c1. The smallest absolute Gasteiger partial charge is 0.262 e. The van der Waals surface area contributed by atoms with E-state index in [1.54, 1.807) is 24.3 Å². The van der Waals surface area contributed by atoms with Crippen LogP contribution in [0.3, 0.4) is 0 Å². The molecule has 0 saturated carbocycles. The number of rotatable bonds is 7. The Hall–Kier alpha value is -2.82. The van der Waals surface area contributed by atoms with Gasteiger partial charge in [-0.25, -0.2) is 0 Å². The molecule has 0 radical (unpaired) electrons. The molecule has 0 fully saturated rings. The zero-order valence-corrected chi connectivity index (χ0v) is 15.8. The van der Waals surface area contributed by atoms with Gasteiger partial charge in [-0.15, -0.1) is 0 Å². The summed E-state index contributed by atoms with van der Waals surface area (Å²) in [5.74, 6) is 0.601. The van der Waals surface area contributed by atoms with Gasteiger partial charge in [-0.3, -0.25) is 9.59 Å². The maximum atomic E-state index is 12.2. The predicted molar refractivity (Wildman–Crippen MR) is 104 cm³/mol. The summed E-state index contributed by atoms with van der Waals surface area (Å²) in [4.78, 5) is 24.1. The number of aryl methyl sites for hydroxylation is 1. The molecule has 2 aromatic carbocycles. The molecule has 2 amide bonds. The van der Waals surface area contributed by atoms with Crippen molar-refractivity contribution in [1.82, 2.24) is 5.32 Å². The van der Waals surface area contributed by atoms with Crippen LogP contribution in [0.25, 0.3) is 0 Å². The number of benzene rings is 2. The van der Waals surface area contributed by atoms with Crippen molar-refractivity contribution in [3.8, 4) is 5.75 Å². The van der Waals surface area contributed by atoms with Crippen LogP contribution in [0.1, 0.15) is 48.2 Å². The maximum Gasteiger partial charge on any atom is 0.262 e. The normalized spacial score (nSPS) is 10.5. The number of carbonyl (C=O) groups excluding carboxylic acids is 2. The van der Waals surface area contributed by atoms with Crippen molar-refractivity contribution in [2.45, 2.75) is 33.6 Å². The Morgan fingerprint density at radius 2 is 1.88 bits per heavy atom. The first-order valence-electron chi connectivity index (χ1n) is 8.82. The first-order valence-corrected chi connectivity index (χ1v) is 8.82. The molecule has 0 atom stereocenters. The van der Waals surface area contributed by atoms with Gasteiger partial charge in [0.05, 0.1) is 0 Å². The van der Waals surface area contributed by atoms with Crippen molar-refractivity contribution >= 4 is 17.5 Å². The average Bonchev–Trinajstić information content (AvgIpc) is 2.60. The number of hydrogen-bond acceptors (Lipinski definition) is 3. The van der Waals surface area contributed by atoms with Crippen molar-refractivity contribution in [2.24, 2.45) is 0 Å². The number of nitrogens with one attached hydrogen (secondary N) is 2. The van der Waals surface area contributed by atoms with Crippen LogP contribution in [0.15, 0.2) is 42.5 Å². The highest BCUT2D eigenvalue weighted by Gasteiger charge is 2.11. The largest absolute Gasteiger partial charge is 0.483 e. The molecule has 2 N–H and O–H groups in total. The fourth-order valence-electron chi connectivity index (χ4n) is 2.58. The van der Waals surface area contributed by atoms with E-state index in [2.05, 4.69) is 24.5 Å². The fraction of sp³-hybridized carbons (Fsp3) is 0.333. The number of anilines is 1. The van der Waals surface area contributed by atoms with E-state index in [4.69, 9.17) is 4.74 Å². The first kappa shape index (κ1) is 19.5. The van der Waals surface area contributed by atoms with E-state index in [1.807, 2.05) is 32.0 Å². The van der Waals surface area contributed by atoms with Crippen LogP contribution in [0.5, 0.6) is 5.75 Å². The van der Waals surface area contributed by atoms with E-state index in [0.29, 0.717) is 23.7 Å². The van der Waals surface area contributed by atoms with Crippen molar-refractivity contribution in [3.05, 3.63) is 59.2 Å². The van der Waals surface area contributed by atoms with Crippen molar-refractivity contribution in [1.29, 1.82) is 0 Å². The number of ether oxygens (including phenoxy) is 1. The molecule has 0 bridgehead atoms. The van der Waals surface area contributed by atoms with Crippen LogP contribution < -0.4 is 15.4 Å². The van der Waals surface area contributed by atoms with Crippen LogP contribution >= 0.6 is 0 Å². The highest BCUT2D eigenvalue weighted by atomic mass is 16.5. The Labute approximate surface area is 154 Å². The quantitative estimate of drug-likeness (QED) is 0.793. The third kappa shape index (κ3) is 5.34. The minimum atomic E-state index is -0.269. The van der Waals surface area contributed by atoms with Gasteiger partial charge in [0, 0.05) is 17.8 Å². The van der Waals surface area contributed by atoms with Gasteiger partial charge in [0.1, 0.15) is 5.75 Å². The second kappa shape index (κ2) is 9.04. The Morgan fingerprint density at radius 3 is 2.58 bits per heavy atom. The average molecular weight is 354 g/mol. The summed E-state index contributed by atoms with van der Waals surface area (Å²) in [6, 6.07) is 12.8. The van der Waals surface area contributed by atoms with Crippen molar-refractivity contribution in [2.75, 3.05) is 18.5 Å². The summed E-state index contributed by atoms with van der Waals surface area (Å²) in [6.07, 6.45) is 0. The molecule has 2 aromatic rings. The monoisotopic (exact) mass is 354 g/mol. The van der Waals surface area contributed by atoms with Gasteiger partial charge in [0.15, 0.2) is 6.61 Å². The van der Waals surface area contributed by atoms with Gasteiger partial charge in [-0.05, 0) is 55.2 Å². The molecule has 5 heteroatoms. The first-order chi connectivity index (χ1) is 12.4. The highest BCUT2D eigenvalue weighted by Crippen LogP contribution is 2.27. The number of hydrogen-bond donors (Lipinski definition) is 2. The molecule has 2 rings (SSSR count). The van der Waals surface area contributed by atoms with Gasteiger partial charge in [0.2, 0.25) is 0 Å². The molecule has 0 heterocycles. The van der Waals surface area contributed by atoms with Gasteiger partial charge < -0.3 is 15.4 Å². The minimum Gasteiger partial charge on any atom is -0.483 e. The molecule has 0 aliphatic rings. The molecule has 5 nitrogen and oxygen atoms in total. The van der Waals surface area contributed by atoms with Gasteiger partial charge in [-0.1, -0.05) is 32.0 Å². The summed E-state index contributed by atoms with van der Waals surface area (Å²) in [5.41, 5.74) is 3.23. The summed E-state index contributed by atoms with van der Waals surface area (Å²) in [6.45, 7) is 8.49. The molecule has 26 heavy (non-hydrogen) atoms. The van der Waals surface area contributed by atoms with Crippen LogP contribution in [0.2, 0.25) is 0 Å². The molecule has 0 saturated heterocycles. The Kier molecular flexibility index (Phi) is 6.78. The van der Waals surface area contributed by atoms with E-state index in [1.165, 1.54) is 0 Å². The van der Waals surface area contributed by atoms with Crippen LogP contribution in [-0.2, 0) is 4.79 Å². The summed E-state index contributed by atoms with van der Waals surface area (Å²) in [7, 11) is 0. The van der Waals surface area contributed by atoms with Crippen molar-refractivity contribution < 1.29 is 14.3 Å². The minimum absolute atomic E-state index is 0.0887. The van der Waals surface area contributed by atoms with E-state index >= 15 is 0 Å². The third-order valence-corrected chi connectivity index (χ3v) is 3.90.